The fourth-order valence-electron chi connectivity index (χ4n) is 3.96. The maximum Gasteiger partial charge on any atom is 0.258 e. The number of aromatic nitrogens is 2. The molecule has 4 aromatic carbocycles. The molecule has 0 saturated heterocycles. The summed E-state index contributed by atoms with van der Waals surface area (Å²) in [4.78, 5) is 20.9. The van der Waals surface area contributed by atoms with E-state index in [1.165, 1.54) is 0 Å². The third kappa shape index (κ3) is 6.10. The standard InChI is InChI=1S/C30H27N3O3/c34-29(21-36-25-17-15-24(16-18-25)35-20-23-11-5-2-6-12-23)31-28(19-22-9-3-1-4-10-22)30-32-26-13-7-8-14-27(26)33-30/h1-18,28H,19-21H2,(H,31,34)(H,32,33). The number of aromatic amines is 1. The molecule has 5 aromatic rings. The van der Waals surface area contributed by atoms with Crippen LogP contribution in [-0.4, -0.2) is 22.5 Å². The molecule has 1 aromatic heterocycles. The van der Waals surface area contributed by atoms with E-state index in [4.69, 9.17) is 14.5 Å². The van der Waals surface area contributed by atoms with Gasteiger partial charge in [0.25, 0.3) is 5.91 Å². The highest BCUT2D eigenvalue weighted by molar-refractivity contribution is 5.78. The van der Waals surface area contributed by atoms with Crippen LogP contribution in [0.1, 0.15) is 23.0 Å². The molecule has 0 aliphatic rings. The topological polar surface area (TPSA) is 76.2 Å². The maximum absolute atomic E-state index is 12.8. The van der Waals surface area contributed by atoms with Gasteiger partial charge in [-0.2, -0.15) is 0 Å². The number of benzene rings is 4. The number of carbonyl (C=O) groups is 1. The largest absolute Gasteiger partial charge is 0.489 e. The Bertz CT molecular complexity index is 1370. The van der Waals surface area contributed by atoms with Gasteiger partial charge in [0.15, 0.2) is 6.61 Å². The molecule has 1 heterocycles. The highest BCUT2D eigenvalue weighted by Crippen LogP contribution is 2.21. The van der Waals surface area contributed by atoms with Crippen LogP contribution in [0.2, 0.25) is 0 Å². The molecule has 0 fully saturated rings. The Morgan fingerprint density at radius 2 is 1.36 bits per heavy atom. The summed E-state index contributed by atoms with van der Waals surface area (Å²) in [5.74, 6) is 1.83. The fraction of sp³-hybridized carbons (Fsp3) is 0.133. The molecular formula is C30H27N3O3. The molecule has 1 atom stereocenters. The van der Waals surface area contributed by atoms with Gasteiger partial charge in [0, 0.05) is 0 Å². The molecule has 0 radical (unpaired) electrons. The van der Waals surface area contributed by atoms with Gasteiger partial charge in [-0.1, -0.05) is 72.8 Å². The number of hydrogen-bond donors (Lipinski definition) is 2. The van der Waals surface area contributed by atoms with Crippen LogP contribution in [0.4, 0.5) is 0 Å². The van der Waals surface area contributed by atoms with Gasteiger partial charge in [-0.05, 0) is 53.9 Å². The minimum atomic E-state index is -0.315. The monoisotopic (exact) mass is 477 g/mol. The van der Waals surface area contributed by atoms with E-state index in [0.717, 1.165) is 27.9 Å². The van der Waals surface area contributed by atoms with Crippen molar-refractivity contribution in [3.05, 3.63) is 126 Å². The minimum Gasteiger partial charge on any atom is -0.489 e. The molecule has 2 N–H and O–H groups in total. The van der Waals surface area contributed by atoms with Crippen LogP contribution in [-0.2, 0) is 17.8 Å². The number of fused-ring (bicyclic) bond motifs is 1. The molecule has 0 bridgehead atoms. The highest BCUT2D eigenvalue weighted by Gasteiger charge is 2.19. The zero-order valence-corrected chi connectivity index (χ0v) is 19.8. The number of para-hydroxylation sites is 2. The van der Waals surface area contributed by atoms with E-state index in [0.29, 0.717) is 24.6 Å². The summed E-state index contributed by atoms with van der Waals surface area (Å²) in [6.45, 7) is 0.393. The second-order valence-electron chi connectivity index (χ2n) is 8.48. The fourth-order valence-corrected chi connectivity index (χ4v) is 3.96. The van der Waals surface area contributed by atoms with Gasteiger partial charge in [-0.25, -0.2) is 4.98 Å². The number of amides is 1. The van der Waals surface area contributed by atoms with Gasteiger partial charge in [-0.15, -0.1) is 0 Å². The quantitative estimate of drug-likeness (QED) is 0.274. The molecule has 5 rings (SSSR count). The Labute approximate surface area is 209 Å². The van der Waals surface area contributed by atoms with Gasteiger partial charge in [0.05, 0.1) is 17.1 Å². The predicted molar refractivity (Wildman–Crippen MR) is 140 cm³/mol. The number of nitrogens with zero attached hydrogens (tertiary/aromatic N) is 1. The van der Waals surface area contributed by atoms with Crippen LogP contribution in [0, 0.1) is 0 Å². The van der Waals surface area contributed by atoms with Crippen molar-refractivity contribution in [2.24, 2.45) is 0 Å². The van der Waals surface area contributed by atoms with Gasteiger partial charge >= 0.3 is 0 Å². The molecule has 1 amide bonds. The number of hydrogen-bond acceptors (Lipinski definition) is 4. The Morgan fingerprint density at radius 1 is 0.750 bits per heavy atom. The number of nitrogens with one attached hydrogen (secondary N) is 2. The first-order chi connectivity index (χ1) is 17.7. The lowest BCUT2D eigenvalue weighted by Crippen LogP contribution is -2.34. The third-order valence-corrected chi connectivity index (χ3v) is 5.80. The van der Waals surface area contributed by atoms with Gasteiger partial charge in [0.2, 0.25) is 0 Å². The lowest BCUT2D eigenvalue weighted by Gasteiger charge is -2.17. The number of ether oxygens (including phenoxy) is 2. The second kappa shape index (κ2) is 11.2. The molecule has 0 saturated carbocycles. The Kier molecular flexibility index (Phi) is 7.23. The molecule has 6 nitrogen and oxygen atoms in total. The Balaban J connectivity index is 1.20. The van der Waals surface area contributed by atoms with Crippen LogP contribution in [0.5, 0.6) is 11.5 Å². The van der Waals surface area contributed by atoms with Crippen LogP contribution in [0.25, 0.3) is 11.0 Å². The average Bonchev–Trinajstić information content (AvgIpc) is 3.37. The normalized spacial score (nSPS) is 11.7. The summed E-state index contributed by atoms with van der Waals surface area (Å²) >= 11 is 0. The van der Waals surface area contributed by atoms with Crippen molar-refractivity contribution in [2.45, 2.75) is 19.1 Å². The number of H-pyrrole nitrogens is 1. The second-order valence-corrected chi connectivity index (χ2v) is 8.48. The van der Waals surface area contributed by atoms with E-state index in [2.05, 4.69) is 10.3 Å². The van der Waals surface area contributed by atoms with Crippen molar-refractivity contribution < 1.29 is 14.3 Å². The van der Waals surface area contributed by atoms with E-state index < -0.39 is 0 Å². The van der Waals surface area contributed by atoms with Crippen molar-refractivity contribution in [1.82, 2.24) is 15.3 Å². The lowest BCUT2D eigenvalue weighted by atomic mass is 10.1. The van der Waals surface area contributed by atoms with Crippen LogP contribution in [0.3, 0.4) is 0 Å². The molecule has 0 spiro atoms. The van der Waals surface area contributed by atoms with E-state index in [1.54, 1.807) is 12.1 Å². The molecule has 36 heavy (non-hydrogen) atoms. The zero-order valence-electron chi connectivity index (χ0n) is 19.8. The summed E-state index contributed by atoms with van der Waals surface area (Å²) in [5, 5.41) is 3.08. The first-order valence-corrected chi connectivity index (χ1v) is 11.9. The maximum atomic E-state index is 12.8. The van der Waals surface area contributed by atoms with Crippen molar-refractivity contribution in [1.29, 1.82) is 0 Å². The van der Waals surface area contributed by atoms with Gasteiger partial charge in [-0.3, -0.25) is 4.79 Å². The van der Waals surface area contributed by atoms with Crippen molar-refractivity contribution in [3.63, 3.8) is 0 Å². The number of carbonyl (C=O) groups excluding carboxylic acids is 1. The van der Waals surface area contributed by atoms with Crippen LogP contribution >= 0.6 is 0 Å². The van der Waals surface area contributed by atoms with Gasteiger partial charge in [0.1, 0.15) is 23.9 Å². The van der Waals surface area contributed by atoms with Crippen molar-refractivity contribution in [2.75, 3.05) is 6.61 Å². The van der Waals surface area contributed by atoms with Crippen LogP contribution < -0.4 is 14.8 Å². The molecule has 0 aliphatic carbocycles. The van der Waals surface area contributed by atoms with E-state index in [-0.39, 0.29) is 18.6 Å². The van der Waals surface area contributed by atoms with Crippen molar-refractivity contribution >= 4 is 16.9 Å². The molecule has 0 aliphatic heterocycles. The smallest absolute Gasteiger partial charge is 0.258 e. The predicted octanol–water partition coefficient (Wildman–Crippen LogP) is 5.62. The third-order valence-electron chi connectivity index (χ3n) is 5.80. The lowest BCUT2D eigenvalue weighted by molar-refractivity contribution is -0.123. The first-order valence-electron chi connectivity index (χ1n) is 11.9. The summed E-state index contributed by atoms with van der Waals surface area (Å²) < 4.78 is 11.5. The Hall–Kier alpha value is -4.58. The molecule has 180 valence electrons. The SMILES string of the molecule is O=C(COc1ccc(OCc2ccccc2)cc1)NC(Cc1ccccc1)c1nc2ccccc2[nH]1. The van der Waals surface area contributed by atoms with Gasteiger partial charge < -0.3 is 19.8 Å². The zero-order chi connectivity index (χ0) is 24.6. The highest BCUT2D eigenvalue weighted by atomic mass is 16.5. The van der Waals surface area contributed by atoms with Crippen LogP contribution in [0.15, 0.2) is 109 Å². The summed E-state index contributed by atoms with van der Waals surface area (Å²) in [7, 11) is 0. The summed E-state index contributed by atoms with van der Waals surface area (Å²) in [6.07, 6.45) is 0.611. The summed E-state index contributed by atoms with van der Waals surface area (Å²) in [5.41, 5.74) is 4.01. The molecule has 1 unspecified atom stereocenters. The first kappa shape index (κ1) is 23.2. The molecular weight excluding hydrogens is 450 g/mol. The number of rotatable bonds is 10. The van der Waals surface area contributed by atoms with E-state index in [1.807, 2.05) is 97.1 Å². The minimum absolute atomic E-state index is 0.101. The molecule has 6 heteroatoms. The van der Waals surface area contributed by atoms with E-state index in [9.17, 15) is 4.79 Å². The van der Waals surface area contributed by atoms with E-state index >= 15 is 0 Å². The Morgan fingerprint density at radius 3 is 2.06 bits per heavy atom. The van der Waals surface area contributed by atoms with Crippen molar-refractivity contribution in [3.8, 4) is 11.5 Å². The average molecular weight is 478 g/mol. The number of imidazole rings is 1. The summed E-state index contributed by atoms with van der Waals surface area (Å²) in [6, 6.07) is 34.8.